The lowest BCUT2D eigenvalue weighted by molar-refractivity contribution is 0.0996. The summed E-state index contributed by atoms with van der Waals surface area (Å²) in [6.45, 7) is 0. The molecule has 0 aliphatic rings. The number of primary amides is 1. The second-order valence-electron chi connectivity index (χ2n) is 2.38. The van der Waals surface area contributed by atoms with Gasteiger partial charge >= 0.3 is 0 Å². The number of hydrogen-bond acceptors (Lipinski definition) is 3. The molecule has 0 aromatic heterocycles. The van der Waals surface area contributed by atoms with E-state index in [0.717, 1.165) is 0 Å². The third-order valence-electron chi connectivity index (χ3n) is 1.52. The quantitative estimate of drug-likeness (QED) is 0.295. The second-order valence-corrected chi connectivity index (χ2v) is 5.61. The zero-order valence-corrected chi connectivity index (χ0v) is 13.0. The summed E-state index contributed by atoms with van der Waals surface area (Å²) in [4.78, 5) is 11.0. The highest BCUT2D eigenvalue weighted by atomic mass is 127. The Morgan fingerprint density at radius 2 is 1.43 bits per heavy atom. The minimum atomic E-state index is -0.753. The van der Waals surface area contributed by atoms with Crippen LogP contribution in [0.2, 0.25) is 0 Å². The normalized spacial score (nSPS) is 10.2. The number of rotatable bonds is 1. The van der Waals surface area contributed by atoms with E-state index in [9.17, 15) is 15.0 Å². The summed E-state index contributed by atoms with van der Waals surface area (Å²) < 4.78 is 1.21. The summed E-state index contributed by atoms with van der Waals surface area (Å²) in [5, 5.41) is 19.2. The lowest BCUT2D eigenvalue weighted by Gasteiger charge is -2.10. The summed E-state index contributed by atoms with van der Waals surface area (Å²) >= 11 is 5.50. The maximum Gasteiger partial charge on any atom is 0.253 e. The number of halogens is 3. The molecule has 1 rings (SSSR count). The lowest BCUT2D eigenvalue weighted by atomic mass is 10.2. The molecule has 14 heavy (non-hydrogen) atoms. The molecule has 1 amide bonds. The van der Waals surface area contributed by atoms with Crippen molar-refractivity contribution in [3.05, 3.63) is 16.3 Å². The van der Waals surface area contributed by atoms with E-state index in [0.29, 0.717) is 7.14 Å². The van der Waals surface area contributed by atoms with Crippen molar-refractivity contribution in [2.45, 2.75) is 0 Å². The highest BCUT2D eigenvalue weighted by Gasteiger charge is 2.22. The number of phenolic OH excluding ortho intramolecular Hbond substituents is 1. The van der Waals surface area contributed by atoms with Gasteiger partial charge in [-0.1, -0.05) is 0 Å². The summed E-state index contributed by atoms with van der Waals surface area (Å²) in [5.74, 6) is -0.955. The minimum absolute atomic E-state index is 0.0257. The van der Waals surface area contributed by atoms with E-state index >= 15 is 0 Å². The van der Waals surface area contributed by atoms with Crippen molar-refractivity contribution in [3.63, 3.8) is 0 Å². The average Bonchev–Trinajstić information content (AvgIpc) is 2.11. The molecule has 0 fully saturated rings. The van der Waals surface area contributed by atoms with Crippen LogP contribution in [-0.2, 0) is 0 Å². The van der Waals surface area contributed by atoms with Gasteiger partial charge in [0.1, 0.15) is 11.5 Å². The van der Waals surface area contributed by atoms with Gasteiger partial charge in [0.2, 0.25) is 0 Å². The molecule has 0 saturated heterocycles. The Bertz CT molecular complexity index is 390. The van der Waals surface area contributed by atoms with Crippen molar-refractivity contribution in [1.82, 2.24) is 0 Å². The largest absolute Gasteiger partial charge is 0.506 e. The Balaban J connectivity index is 3.68. The van der Waals surface area contributed by atoms with E-state index in [-0.39, 0.29) is 20.6 Å². The lowest BCUT2D eigenvalue weighted by Crippen LogP contribution is -2.14. The van der Waals surface area contributed by atoms with Gasteiger partial charge in [-0.2, -0.15) is 0 Å². The van der Waals surface area contributed by atoms with Crippen molar-refractivity contribution < 1.29 is 15.0 Å². The first-order valence-electron chi connectivity index (χ1n) is 3.26. The molecule has 7 heteroatoms. The first kappa shape index (κ1) is 12.5. The van der Waals surface area contributed by atoms with E-state index < -0.39 is 5.91 Å². The van der Waals surface area contributed by atoms with Crippen LogP contribution in [0.1, 0.15) is 10.4 Å². The fraction of sp³-hybridized carbons (Fsp3) is 0. The number of phenols is 2. The molecule has 0 spiro atoms. The van der Waals surface area contributed by atoms with E-state index in [1.807, 2.05) is 45.2 Å². The van der Waals surface area contributed by atoms with Gasteiger partial charge in [0.25, 0.3) is 5.91 Å². The van der Waals surface area contributed by atoms with Crippen molar-refractivity contribution in [2.24, 2.45) is 5.73 Å². The van der Waals surface area contributed by atoms with Crippen LogP contribution < -0.4 is 5.73 Å². The van der Waals surface area contributed by atoms with Gasteiger partial charge in [-0.3, -0.25) is 4.79 Å². The summed E-state index contributed by atoms with van der Waals surface area (Å²) in [5.41, 5.74) is 5.05. The molecule has 0 aliphatic carbocycles. The standard InChI is InChI=1S/C7H4I3NO3/c8-2-1(7(11)14)5(12)3(9)4(10)6(2)13/h12-13H,(H2,11,14). The number of carbonyl (C=O) groups is 1. The molecule has 0 radical (unpaired) electrons. The molecular weight excluding hydrogens is 527 g/mol. The van der Waals surface area contributed by atoms with Gasteiger partial charge in [-0.15, -0.1) is 0 Å². The predicted molar refractivity (Wildman–Crippen MR) is 76.4 cm³/mol. The van der Waals surface area contributed by atoms with Crippen LogP contribution in [0.15, 0.2) is 0 Å². The molecular formula is C7H4I3NO3. The summed E-state index contributed by atoms with van der Waals surface area (Å²) in [7, 11) is 0. The molecule has 4 nitrogen and oxygen atoms in total. The number of aromatic hydroxyl groups is 2. The second kappa shape index (κ2) is 4.55. The minimum Gasteiger partial charge on any atom is -0.506 e. The Hall–Kier alpha value is 0.480. The first-order valence-corrected chi connectivity index (χ1v) is 6.49. The van der Waals surface area contributed by atoms with Crippen molar-refractivity contribution in [3.8, 4) is 11.5 Å². The fourth-order valence-corrected chi connectivity index (χ4v) is 3.22. The monoisotopic (exact) mass is 531 g/mol. The maximum absolute atomic E-state index is 11.0. The zero-order chi connectivity index (χ0) is 11.0. The number of carbonyl (C=O) groups excluding carboxylic acids is 1. The van der Waals surface area contributed by atoms with Crippen LogP contribution in [0.3, 0.4) is 0 Å². The molecule has 4 N–H and O–H groups in total. The highest BCUT2D eigenvalue weighted by Crippen LogP contribution is 2.39. The third-order valence-corrected chi connectivity index (χ3v) is 5.70. The molecule has 0 saturated carbocycles. The van der Waals surface area contributed by atoms with Gasteiger partial charge < -0.3 is 15.9 Å². The highest BCUT2D eigenvalue weighted by molar-refractivity contribution is 14.1. The van der Waals surface area contributed by atoms with Crippen LogP contribution in [0, 0.1) is 10.7 Å². The van der Waals surface area contributed by atoms with E-state index in [2.05, 4.69) is 0 Å². The Labute approximate surface area is 121 Å². The smallest absolute Gasteiger partial charge is 0.253 e. The number of benzene rings is 1. The molecule has 0 aliphatic heterocycles. The van der Waals surface area contributed by atoms with Crippen LogP contribution in [0.25, 0.3) is 0 Å². The molecule has 76 valence electrons. The van der Waals surface area contributed by atoms with Crippen molar-refractivity contribution >= 4 is 73.7 Å². The fourth-order valence-electron chi connectivity index (χ4n) is 0.861. The van der Waals surface area contributed by atoms with Crippen LogP contribution in [0.4, 0.5) is 0 Å². The number of hydrogen-bond donors (Lipinski definition) is 3. The summed E-state index contributed by atoms with van der Waals surface area (Å²) in [6.07, 6.45) is 0. The van der Waals surface area contributed by atoms with Gasteiger partial charge in [0.05, 0.1) is 16.3 Å². The Morgan fingerprint density at radius 1 is 1.00 bits per heavy atom. The zero-order valence-electron chi connectivity index (χ0n) is 6.51. The molecule has 0 atom stereocenters. The van der Waals surface area contributed by atoms with Gasteiger partial charge in [0.15, 0.2) is 0 Å². The third kappa shape index (κ3) is 2.03. The molecule has 0 heterocycles. The molecule has 0 bridgehead atoms. The maximum atomic E-state index is 11.0. The van der Waals surface area contributed by atoms with Gasteiger partial charge in [-0.05, 0) is 67.8 Å². The van der Waals surface area contributed by atoms with E-state index in [1.165, 1.54) is 0 Å². The predicted octanol–water partition coefficient (Wildman–Crippen LogP) is 2.01. The Kier molecular flexibility index (Phi) is 4.08. The van der Waals surface area contributed by atoms with Gasteiger partial charge in [0, 0.05) is 0 Å². The average molecular weight is 531 g/mol. The van der Waals surface area contributed by atoms with E-state index in [1.54, 1.807) is 22.6 Å². The molecule has 1 aromatic carbocycles. The number of nitrogens with two attached hydrogens (primary N) is 1. The van der Waals surface area contributed by atoms with E-state index in [4.69, 9.17) is 5.73 Å². The summed E-state index contributed by atoms with van der Waals surface area (Å²) in [6, 6.07) is 0. The Morgan fingerprint density at radius 3 is 1.86 bits per heavy atom. The van der Waals surface area contributed by atoms with Crippen LogP contribution in [-0.4, -0.2) is 16.1 Å². The topological polar surface area (TPSA) is 83.6 Å². The molecule has 0 unspecified atom stereocenters. The number of amides is 1. The molecule has 1 aromatic rings. The SMILES string of the molecule is NC(=O)c1c(O)c(I)c(I)c(O)c1I. The van der Waals surface area contributed by atoms with Crippen LogP contribution >= 0.6 is 67.8 Å². The van der Waals surface area contributed by atoms with Crippen LogP contribution in [0.5, 0.6) is 11.5 Å². The van der Waals surface area contributed by atoms with Crippen molar-refractivity contribution in [1.29, 1.82) is 0 Å². The van der Waals surface area contributed by atoms with Gasteiger partial charge in [-0.25, -0.2) is 0 Å². The van der Waals surface area contributed by atoms with Crippen molar-refractivity contribution in [2.75, 3.05) is 0 Å². The first-order chi connectivity index (χ1) is 6.37.